The maximum atomic E-state index is 14.5. The molecule has 0 aliphatic carbocycles. The summed E-state index contributed by atoms with van der Waals surface area (Å²) < 4.78 is 58.9. The van der Waals surface area contributed by atoms with Crippen LogP contribution in [0.4, 0.5) is 13.2 Å². The highest BCUT2D eigenvalue weighted by molar-refractivity contribution is 5.92. The van der Waals surface area contributed by atoms with Crippen LogP contribution in [-0.4, -0.2) is 74.3 Å². The summed E-state index contributed by atoms with van der Waals surface area (Å²) in [5, 5.41) is 2.68. The molecule has 44 heavy (non-hydrogen) atoms. The number of nitrogens with one attached hydrogen (secondary N) is 1. The summed E-state index contributed by atoms with van der Waals surface area (Å²) in [4.78, 5) is 54.4. The van der Waals surface area contributed by atoms with Gasteiger partial charge in [0.25, 0.3) is 5.60 Å². The number of nitrogens with zero attached hydrogens (tertiary/aromatic N) is 1. The Morgan fingerprint density at radius 2 is 1.57 bits per heavy atom. The van der Waals surface area contributed by atoms with E-state index in [1.807, 2.05) is 0 Å². The number of amides is 2. The van der Waals surface area contributed by atoms with Crippen molar-refractivity contribution in [3.63, 3.8) is 0 Å². The zero-order chi connectivity index (χ0) is 34.0. The van der Waals surface area contributed by atoms with E-state index in [1.54, 1.807) is 27.7 Å². The van der Waals surface area contributed by atoms with Crippen molar-refractivity contribution in [2.75, 3.05) is 21.3 Å². The minimum Gasteiger partial charge on any atom is -0.467 e. The molecular formula is C32H45F3N2O7. The molecule has 2 amide bonds. The van der Waals surface area contributed by atoms with Gasteiger partial charge in [0.1, 0.15) is 18.2 Å². The van der Waals surface area contributed by atoms with Gasteiger partial charge in [0.05, 0.1) is 12.5 Å². The number of carbonyl (C=O) groups excluding carboxylic acids is 4. The number of esters is 2. The number of benzene rings is 1. The molecular weight excluding hydrogens is 581 g/mol. The van der Waals surface area contributed by atoms with E-state index in [1.165, 1.54) is 51.1 Å². The van der Waals surface area contributed by atoms with E-state index in [9.17, 15) is 32.3 Å². The second-order valence-corrected chi connectivity index (χ2v) is 11.8. The van der Waals surface area contributed by atoms with Gasteiger partial charge in [0, 0.05) is 26.1 Å². The van der Waals surface area contributed by atoms with Gasteiger partial charge in [-0.15, -0.1) is 12.3 Å². The van der Waals surface area contributed by atoms with Gasteiger partial charge in [-0.25, -0.2) is 9.59 Å². The summed E-state index contributed by atoms with van der Waals surface area (Å²) >= 11 is 0. The monoisotopic (exact) mass is 626 g/mol. The molecule has 0 unspecified atom stereocenters. The fourth-order valence-electron chi connectivity index (χ4n) is 4.90. The van der Waals surface area contributed by atoms with Crippen molar-refractivity contribution in [2.24, 2.45) is 17.3 Å². The number of methoxy groups -OCH3 is 2. The third-order valence-corrected chi connectivity index (χ3v) is 7.66. The van der Waals surface area contributed by atoms with Crippen LogP contribution in [0.5, 0.6) is 0 Å². The minimum absolute atomic E-state index is 0.0548. The van der Waals surface area contributed by atoms with Crippen LogP contribution in [-0.2, 0) is 39.0 Å². The topological polar surface area (TPSA) is 111 Å². The van der Waals surface area contributed by atoms with E-state index in [4.69, 9.17) is 20.6 Å². The molecule has 246 valence electrons. The molecule has 1 aromatic rings. The average Bonchev–Trinajstić information content (AvgIpc) is 2.94. The van der Waals surface area contributed by atoms with E-state index < -0.39 is 70.6 Å². The number of halogens is 3. The van der Waals surface area contributed by atoms with Crippen LogP contribution in [0.25, 0.3) is 0 Å². The molecule has 0 radical (unpaired) electrons. The van der Waals surface area contributed by atoms with Gasteiger partial charge in [-0.1, -0.05) is 58.0 Å². The maximum absolute atomic E-state index is 14.5. The van der Waals surface area contributed by atoms with Crippen LogP contribution < -0.4 is 5.32 Å². The minimum atomic E-state index is -5.22. The van der Waals surface area contributed by atoms with E-state index in [2.05, 4.69) is 11.2 Å². The van der Waals surface area contributed by atoms with Crippen molar-refractivity contribution in [3.05, 3.63) is 35.9 Å². The molecule has 0 saturated heterocycles. The van der Waals surface area contributed by atoms with Crippen molar-refractivity contribution < 1.29 is 46.6 Å². The highest BCUT2D eigenvalue weighted by atomic mass is 19.4. The molecule has 0 aromatic heterocycles. The predicted octanol–water partition coefficient (Wildman–Crippen LogP) is 4.63. The predicted molar refractivity (Wildman–Crippen MR) is 158 cm³/mol. The van der Waals surface area contributed by atoms with Gasteiger partial charge in [-0.05, 0) is 38.5 Å². The van der Waals surface area contributed by atoms with Crippen molar-refractivity contribution in [3.8, 4) is 12.3 Å². The molecule has 4 atom stereocenters. The maximum Gasteiger partial charge on any atom is 0.432 e. The Morgan fingerprint density at radius 3 is 2.00 bits per heavy atom. The van der Waals surface area contributed by atoms with Gasteiger partial charge < -0.3 is 24.4 Å². The van der Waals surface area contributed by atoms with Gasteiger partial charge in [-0.3, -0.25) is 9.59 Å². The number of carbonyl (C=O) groups is 4. The second kappa shape index (κ2) is 15.9. The number of rotatable bonds is 15. The van der Waals surface area contributed by atoms with E-state index in [0.29, 0.717) is 0 Å². The fourth-order valence-corrected chi connectivity index (χ4v) is 4.90. The highest BCUT2D eigenvalue weighted by Gasteiger charge is 2.64. The first-order valence-electron chi connectivity index (χ1n) is 14.3. The van der Waals surface area contributed by atoms with E-state index in [0.717, 1.165) is 19.2 Å². The smallest absolute Gasteiger partial charge is 0.432 e. The fraction of sp³-hybridized carbons (Fsp3) is 0.625. The molecule has 0 saturated carbocycles. The van der Waals surface area contributed by atoms with Crippen molar-refractivity contribution in [2.45, 2.75) is 90.8 Å². The molecule has 0 bridgehead atoms. The second-order valence-electron chi connectivity index (χ2n) is 11.8. The number of alkyl halides is 3. The number of likely N-dealkylation sites (N-methyl/N-ethyl adjacent to an activating group) is 1. The normalized spacial score (nSPS) is 15.4. The summed E-state index contributed by atoms with van der Waals surface area (Å²) in [6.45, 7) is 9.65. The zero-order valence-corrected chi connectivity index (χ0v) is 26.9. The summed E-state index contributed by atoms with van der Waals surface area (Å²) in [5.74, 6) is -2.06. The molecule has 0 spiro atoms. The van der Waals surface area contributed by atoms with Gasteiger partial charge in [0.2, 0.25) is 11.8 Å². The number of hydrogen-bond donors (Lipinski definition) is 1. The van der Waals surface area contributed by atoms with Gasteiger partial charge in [-0.2, -0.15) is 13.2 Å². The largest absolute Gasteiger partial charge is 0.467 e. The lowest BCUT2D eigenvalue weighted by molar-refractivity contribution is -0.279. The third-order valence-electron chi connectivity index (χ3n) is 7.66. The first-order chi connectivity index (χ1) is 20.3. The molecule has 1 rings (SSSR count). The lowest BCUT2D eigenvalue weighted by Gasteiger charge is -2.39. The Balaban J connectivity index is 3.49. The lowest BCUT2D eigenvalue weighted by Crippen LogP contribution is -2.59. The molecule has 0 aliphatic heterocycles. The Morgan fingerprint density at radius 1 is 1.00 bits per heavy atom. The Hall–Kier alpha value is -3.59. The first kappa shape index (κ1) is 38.4. The standard InChI is InChI=1S/C32H45F3N2O7/c1-11-12-14-19-23(44-29(41)31(43-10,32(33,34)35)22-17-15-13-16-18-22)30(6,7)28(40)36-24(20(2)3)26(38)37(8)25(21(4)5)27(39)42-9/h1,13,15-18,20-21,23-25H,12,14,19H2,2-10H3,(H,36,40)/t23-,24+,25+,31+/m1/s1. The number of hydrogen-bond acceptors (Lipinski definition) is 7. The SMILES string of the molecule is C#CCCC[C@@H](OC(=O)[C@@](OC)(c1ccccc1)C(F)(F)F)C(C)(C)C(=O)N[C@H](C(=O)N(C)[C@H](C(=O)OC)C(C)C)C(C)C. The molecule has 1 N–H and O–H groups in total. The van der Waals surface area contributed by atoms with Crippen molar-refractivity contribution >= 4 is 23.8 Å². The van der Waals surface area contributed by atoms with E-state index >= 15 is 0 Å². The highest BCUT2D eigenvalue weighted by Crippen LogP contribution is 2.44. The number of terminal acetylenes is 1. The number of unbranched alkanes of at least 4 members (excludes halogenated alkanes) is 1. The van der Waals surface area contributed by atoms with Crippen LogP contribution in [0.1, 0.15) is 66.4 Å². The van der Waals surface area contributed by atoms with Crippen LogP contribution >= 0.6 is 0 Å². The summed E-state index contributed by atoms with van der Waals surface area (Å²) in [6.07, 6.45) is -0.871. The molecule has 1 aromatic carbocycles. The van der Waals surface area contributed by atoms with Gasteiger partial charge >= 0.3 is 18.1 Å². The third kappa shape index (κ3) is 8.52. The number of ether oxygens (including phenoxy) is 3. The zero-order valence-electron chi connectivity index (χ0n) is 26.9. The van der Waals surface area contributed by atoms with Crippen molar-refractivity contribution in [1.82, 2.24) is 10.2 Å². The lowest BCUT2D eigenvalue weighted by atomic mass is 9.81. The van der Waals surface area contributed by atoms with Gasteiger partial charge in [0.15, 0.2) is 0 Å². The van der Waals surface area contributed by atoms with Crippen LogP contribution in [0.3, 0.4) is 0 Å². The van der Waals surface area contributed by atoms with E-state index in [-0.39, 0.29) is 25.2 Å². The summed E-state index contributed by atoms with van der Waals surface area (Å²) in [6, 6.07) is 4.27. The quantitative estimate of drug-likeness (QED) is 0.172. The van der Waals surface area contributed by atoms with Crippen LogP contribution in [0, 0.1) is 29.6 Å². The molecule has 9 nitrogen and oxygen atoms in total. The van der Waals surface area contributed by atoms with Crippen LogP contribution in [0.2, 0.25) is 0 Å². The Kier molecular flexibility index (Phi) is 13.9. The first-order valence-corrected chi connectivity index (χ1v) is 14.3. The molecule has 12 heteroatoms. The molecule has 0 aliphatic rings. The van der Waals surface area contributed by atoms with Crippen LogP contribution in [0.15, 0.2) is 30.3 Å². The average molecular weight is 627 g/mol. The molecule has 0 heterocycles. The summed E-state index contributed by atoms with van der Waals surface area (Å²) in [7, 11) is 3.38. The molecule has 0 fully saturated rings. The Labute approximate surface area is 258 Å². The Bertz CT molecular complexity index is 1180. The van der Waals surface area contributed by atoms with Crippen molar-refractivity contribution in [1.29, 1.82) is 0 Å². The summed E-state index contributed by atoms with van der Waals surface area (Å²) in [5.41, 5.74) is -5.61.